The predicted molar refractivity (Wildman–Crippen MR) is 89.2 cm³/mol. The van der Waals surface area contributed by atoms with Gasteiger partial charge in [0.1, 0.15) is 0 Å². The molecule has 1 aromatic carbocycles. The number of benzene rings is 1. The SMILES string of the molecule is CCCNC(=S)NNC(=S)Nc1ccc(CC)cc1. The van der Waals surface area contributed by atoms with Gasteiger partial charge in [-0.1, -0.05) is 26.0 Å². The van der Waals surface area contributed by atoms with Crippen LogP contribution in [0.4, 0.5) is 5.69 Å². The van der Waals surface area contributed by atoms with Gasteiger partial charge in [0.15, 0.2) is 10.2 Å². The van der Waals surface area contributed by atoms with Crippen LogP contribution in [-0.4, -0.2) is 16.8 Å². The minimum Gasteiger partial charge on any atom is -0.361 e. The first-order valence-corrected chi connectivity index (χ1v) is 7.17. The standard InChI is InChI=1S/C13H20N4S2/c1-3-9-14-12(18)16-17-13(19)15-11-7-5-10(4-2)6-8-11/h5-8H,3-4,9H2,1-2H3,(H2,14,16,18)(H2,15,17,19). The summed E-state index contributed by atoms with van der Waals surface area (Å²) in [6.07, 6.45) is 2.05. The fourth-order valence-corrected chi connectivity index (χ4v) is 1.70. The third-order valence-corrected chi connectivity index (χ3v) is 2.90. The molecule has 0 amide bonds. The topological polar surface area (TPSA) is 48.1 Å². The summed E-state index contributed by atoms with van der Waals surface area (Å²) >= 11 is 10.2. The molecule has 6 heteroatoms. The summed E-state index contributed by atoms with van der Waals surface area (Å²) < 4.78 is 0. The molecule has 104 valence electrons. The van der Waals surface area contributed by atoms with E-state index in [4.69, 9.17) is 24.4 Å². The first-order chi connectivity index (χ1) is 9.15. The summed E-state index contributed by atoms with van der Waals surface area (Å²) in [5, 5.41) is 7.12. The molecule has 19 heavy (non-hydrogen) atoms. The van der Waals surface area contributed by atoms with Crippen LogP contribution in [0.1, 0.15) is 25.8 Å². The molecule has 0 unspecified atom stereocenters. The largest absolute Gasteiger partial charge is 0.361 e. The molecule has 0 heterocycles. The Hall–Kier alpha value is -1.40. The minimum absolute atomic E-state index is 0.477. The van der Waals surface area contributed by atoms with Crippen LogP contribution in [0.3, 0.4) is 0 Å². The molecular weight excluding hydrogens is 276 g/mol. The van der Waals surface area contributed by atoms with E-state index in [1.165, 1.54) is 5.56 Å². The van der Waals surface area contributed by atoms with E-state index in [9.17, 15) is 0 Å². The van der Waals surface area contributed by atoms with E-state index in [-0.39, 0.29) is 0 Å². The predicted octanol–water partition coefficient (Wildman–Crippen LogP) is 2.32. The van der Waals surface area contributed by atoms with Gasteiger partial charge in [-0.2, -0.15) is 0 Å². The van der Waals surface area contributed by atoms with E-state index in [0.717, 1.165) is 25.1 Å². The number of aryl methyl sites for hydroxylation is 1. The van der Waals surface area contributed by atoms with Crippen LogP contribution in [0.15, 0.2) is 24.3 Å². The lowest BCUT2D eigenvalue weighted by molar-refractivity contribution is 0.784. The van der Waals surface area contributed by atoms with Gasteiger partial charge < -0.3 is 10.6 Å². The Kier molecular flexibility index (Phi) is 7.14. The summed E-state index contributed by atoms with van der Waals surface area (Å²) in [7, 11) is 0. The molecule has 0 aromatic heterocycles. The molecule has 0 aliphatic heterocycles. The van der Waals surface area contributed by atoms with Crippen molar-refractivity contribution >= 4 is 40.3 Å². The fourth-order valence-electron chi connectivity index (χ4n) is 1.38. The zero-order valence-electron chi connectivity index (χ0n) is 11.2. The van der Waals surface area contributed by atoms with Gasteiger partial charge in [0.25, 0.3) is 0 Å². The molecule has 0 aliphatic carbocycles. The molecule has 4 N–H and O–H groups in total. The fraction of sp³-hybridized carbons (Fsp3) is 0.385. The van der Waals surface area contributed by atoms with Crippen LogP contribution in [0.5, 0.6) is 0 Å². The van der Waals surface area contributed by atoms with Gasteiger partial charge in [-0.25, -0.2) is 0 Å². The molecule has 0 saturated carbocycles. The Morgan fingerprint density at radius 2 is 1.63 bits per heavy atom. The lowest BCUT2D eigenvalue weighted by atomic mass is 10.1. The number of hydrogen-bond donors (Lipinski definition) is 4. The van der Waals surface area contributed by atoms with Crippen LogP contribution >= 0.6 is 24.4 Å². The zero-order chi connectivity index (χ0) is 14.1. The number of nitrogens with one attached hydrogen (secondary N) is 4. The highest BCUT2D eigenvalue weighted by atomic mass is 32.1. The quantitative estimate of drug-likeness (QED) is 0.505. The van der Waals surface area contributed by atoms with Crippen LogP contribution < -0.4 is 21.5 Å². The van der Waals surface area contributed by atoms with E-state index in [2.05, 4.69) is 47.5 Å². The van der Waals surface area contributed by atoms with Crippen molar-refractivity contribution in [2.75, 3.05) is 11.9 Å². The molecule has 1 rings (SSSR count). The number of thiocarbonyl (C=S) groups is 2. The maximum absolute atomic E-state index is 5.16. The van der Waals surface area contributed by atoms with E-state index in [0.29, 0.717) is 10.2 Å². The van der Waals surface area contributed by atoms with Gasteiger partial charge in [-0.05, 0) is 55.0 Å². The Morgan fingerprint density at radius 1 is 1.00 bits per heavy atom. The third kappa shape index (κ3) is 6.35. The number of hydrogen-bond acceptors (Lipinski definition) is 2. The average Bonchev–Trinajstić information content (AvgIpc) is 2.43. The number of anilines is 1. The van der Waals surface area contributed by atoms with Crippen molar-refractivity contribution in [1.82, 2.24) is 16.2 Å². The molecule has 0 atom stereocenters. The van der Waals surface area contributed by atoms with Crippen LogP contribution in [-0.2, 0) is 6.42 Å². The molecule has 4 nitrogen and oxygen atoms in total. The van der Waals surface area contributed by atoms with Crippen molar-refractivity contribution in [1.29, 1.82) is 0 Å². The van der Waals surface area contributed by atoms with Crippen LogP contribution in [0.2, 0.25) is 0 Å². The highest BCUT2D eigenvalue weighted by Gasteiger charge is 1.98. The third-order valence-electron chi connectivity index (χ3n) is 2.45. The summed E-state index contributed by atoms with van der Waals surface area (Å²) in [6.45, 7) is 5.05. The molecule has 0 aliphatic rings. The second-order valence-electron chi connectivity index (χ2n) is 4.01. The molecular formula is C13H20N4S2. The monoisotopic (exact) mass is 296 g/mol. The van der Waals surface area contributed by atoms with Crippen molar-refractivity contribution in [3.8, 4) is 0 Å². The normalized spacial score (nSPS) is 9.58. The molecule has 0 radical (unpaired) electrons. The summed E-state index contributed by atoms with van der Waals surface area (Å²) in [5.41, 5.74) is 7.91. The molecule has 0 saturated heterocycles. The smallest absolute Gasteiger partial charge is 0.189 e. The van der Waals surface area contributed by atoms with Gasteiger partial charge in [-0.15, -0.1) is 0 Å². The first kappa shape index (κ1) is 15.7. The Balaban J connectivity index is 2.32. The molecule has 1 aromatic rings. The van der Waals surface area contributed by atoms with Crippen molar-refractivity contribution in [2.24, 2.45) is 0 Å². The summed E-state index contributed by atoms with van der Waals surface area (Å²) in [5.74, 6) is 0. The molecule has 0 bridgehead atoms. The molecule has 0 fully saturated rings. The van der Waals surface area contributed by atoms with Gasteiger partial charge in [0, 0.05) is 12.2 Å². The maximum atomic E-state index is 5.16. The van der Waals surface area contributed by atoms with Crippen molar-refractivity contribution in [2.45, 2.75) is 26.7 Å². The first-order valence-electron chi connectivity index (χ1n) is 6.35. The summed E-state index contributed by atoms with van der Waals surface area (Å²) in [6, 6.07) is 8.15. The zero-order valence-corrected chi connectivity index (χ0v) is 12.9. The van der Waals surface area contributed by atoms with E-state index in [1.54, 1.807) is 0 Å². The highest BCUT2D eigenvalue weighted by Crippen LogP contribution is 2.09. The van der Waals surface area contributed by atoms with Gasteiger partial charge in [0.05, 0.1) is 0 Å². The number of rotatable bonds is 4. The van der Waals surface area contributed by atoms with Crippen LogP contribution in [0.25, 0.3) is 0 Å². The highest BCUT2D eigenvalue weighted by molar-refractivity contribution is 7.80. The van der Waals surface area contributed by atoms with Crippen molar-refractivity contribution < 1.29 is 0 Å². The van der Waals surface area contributed by atoms with E-state index >= 15 is 0 Å². The van der Waals surface area contributed by atoms with E-state index in [1.807, 2.05) is 12.1 Å². The van der Waals surface area contributed by atoms with Crippen LogP contribution in [0, 0.1) is 0 Å². The second kappa shape index (κ2) is 8.66. The maximum Gasteiger partial charge on any atom is 0.189 e. The Bertz CT molecular complexity index is 417. The Morgan fingerprint density at radius 3 is 2.21 bits per heavy atom. The number of hydrazine groups is 1. The van der Waals surface area contributed by atoms with Crippen molar-refractivity contribution in [3.05, 3.63) is 29.8 Å². The van der Waals surface area contributed by atoms with Gasteiger partial charge in [-0.3, -0.25) is 10.9 Å². The van der Waals surface area contributed by atoms with Gasteiger partial charge >= 0.3 is 0 Å². The summed E-state index contributed by atoms with van der Waals surface area (Å²) in [4.78, 5) is 0. The lowest BCUT2D eigenvalue weighted by Gasteiger charge is -2.14. The minimum atomic E-state index is 0.477. The second-order valence-corrected chi connectivity index (χ2v) is 4.83. The Labute approximate surface area is 125 Å². The average molecular weight is 296 g/mol. The lowest BCUT2D eigenvalue weighted by Crippen LogP contribution is -2.48. The van der Waals surface area contributed by atoms with E-state index < -0.39 is 0 Å². The molecule has 0 spiro atoms. The van der Waals surface area contributed by atoms with Crippen molar-refractivity contribution in [3.63, 3.8) is 0 Å². The van der Waals surface area contributed by atoms with Gasteiger partial charge in [0.2, 0.25) is 0 Å².